The molecule has 0 bridgehead atoms. The quantitative estimate of drug-likeness (QED) is 0.191. The normalized spacial score (nSPS) is 37.8. The number of aliphatic carboxylic acids is 1. The summed E-state index contributed by atoms with van der Waals surface area (Å²) in [5.74, 6) is -1.23. The SMILES string of the molecule is CC(C)C1=C2C3CCC4C(C)(CCC5C(C)(C)C(CC(=O)C6CC(C(=O)O)C6C)CCC54C)C3CCC2(CC(=O)NC(F)(F)CNC(=O)c2ccc(Cl)cc2)CC1=O. The van der Waals surface area contributed by atoms with E-state index in [1.165, 1.54) is 24.3 Å². The molecule has 318 valence electrons. The number of benzene rings is 1. The molecule has 7 rings (SSSR count). The van der Waals surface area contributed by atoms with Gasteiger partial charge in [0.15, 0.2) is 5.78 Å². The van der Waals surface area contributed by atoms with Crippen LogP contribution >= 0.6 is 11.6 Å². The molecule has 0 saturated heterocycles. The van der Waals surface area contributed by atoms with Crippen LogP contribution in [0.1, 0.15) is 136 Å². The van der Waals surface area contributed by atoms with Crippen LogP contribution in [0, 0.1) is 74.9 Å². The van der Waals surface area contributed by atoms with Crippen molar-refractivity contribution < 1.29 is 37.9 Å². The number of rotatable bonds is 11. The zero-order valence-electron chi connectivity index (χ0n) is 35.3. The highest BCUT2D eigenvalue weighted by atomic mass is 35.5. The standard InChI is InChI=1S/C47H63ClF2N2O6/c1-25(2)39-35(54)22-46(23-38(55)52-47(49,50)24-51-41(56)27-8-10-29(48)11-9-27)19-15-33-30(40(39)46)12-13-37-44(33,6)18-16-36-43(4,5)28(14-17-45(36,37)7)20-34(53)31-21-32(26(31)3)42(57)58/h8-11,25-26,28,30-33,36-37H,12-24H2,1-7H3,(H,51,56)(H,52,55)(H,57,58). The maximum atomic E-state index is 15.2. The Kier molecular flexibility index (Phi) is 11.2. The minimum atomic E-state index is -3.70. The van der Waals surface area contributed by atoms with E-state index in [2.05, 4.69) is 33.0 Å². The summed E-state index contributed by atoms with van der Waals surface area (Å²) < 4.78 is 30.5. The third-order valence-corrected chi connectivity index (χ3v) is 17.6. The third-order valence-electron chi connectivity index (χ3n) is 17.3. The first-order chi connectivity index (χ1) is 27.0. The van der Waals surface area contributed by atoms with Crippen LogP contribution in [0.25, 0.3) is 0 Å². The summed E-state index contributed by atoms with van der Waals surface area (Å²) in [5, 5.41) is 14.1. The van der Waals surface area contributed by atoms with Crippen LogP contribution in [-0.4, -0.2) is 47.0 Å². The molecule has 1 aromatic carbocycles. The van der Waals surface area contributed by atoms with Gasteiger partial charge in [0.25, 0.3) is 5.91 Å². The number of hydrogen-bond acceptors (Lipinski definition) is 5. The highest BCUT2D eigenvalue weighted by Crippen LogP contribution is 2.74. The number of halogens is 3. The predicted octanol–water partition coefficient (Wildman–Crippen LogP) is 9.69. The highest BCUT2D eigenvalue weighted by molar-refractivity contribution is 6.30. The van der Waals surface area contributed by atoms with Crippen molar-refractivity contribution in [1.29, 1.82) is 0 Å². The molecule has 0 heterocycles. The fourth-order valence-electron chi connectivity index (χ4n) is 14.5. The Morgan fingerprint density at radius 3 is 2.22 bits per heavy atom. The van der Waals surface area contributed by atoms with Gasteiger partial charge >= 0.3 is 12.0 Å². The van der Waals surface area contributed by atoms with Crippen molar-refractivity contribution in [3.63, 3.8) is 0 Å². The van der Waals surface area contributed by atoms with E-state index < -0.39 is 41.7 Å². The molecule has 0 radical (unpaired) electrons. The van der Waals surface area contributed by atoms with Crippen molar-refractivity contribution in [2.45, 2.75) is 132 Å². The Morgan fingerprint density at radius 2 is 1.59 bits per heavy atom. The Bertz CT molecular complexity index is 1890. The molecule has 11 heteroatoms. The zero-order chi connectivity index (χ0) is 42.3. The molecule has 58 heavy (non-hydrogen) atoms. The average Bonchev–Trinajstić information content (AvgIpc) is 3.42. The topological polar surface area (TPSA) is 130 Å². The lowest BCUT2D eigenvalue weighted by atomic mass is 9.35. The highest BCUT2D eigenvalue weighted by Gasteiger charge is 2.66. The number of carbonyl (C=O) groups is 5. The van der Waals surface area contributed by atoms with Gasteiger partial charge < -0.3 is 10.4 Å². The molecule has 1 aromatic rings. The van der Waals surface area contributed by atoms with Gasteiger partial charge in [-0.2, -0.15) is 8.78 Å². The second kappa shape index (κ2) is 15.1. The number of alkyl halides is 2. The molecule has 6 aliphatic rings. The molecule has 0 aromatic heterocycles. The number of carbonyl (C=O) groups excluding carboxylic acids is 4. The van der Waals surface area contributed by atoms with Crippen LogP contribution in [0.5, 0.6) is 0 Å². The van der Waals surface area contributed by atoms with Gasteiger partial charge in [-0.05, 0) is 145 Å². The summed E-state index contributed by atoms with van der Waals surface area (Å²) in [7, 11) is 0. The van der Waals surface area contributed by atoms with E-state index in [-0.39, 0.29) is 75.8 Å². The number of amides is 2. The molecule has 5 fully saturated rings. The number of nitrogens with one attached hydrogen (secondary N) is 2. The maximum Gasteiger partial charge on any atom is 0.342 e. The van der Waals surface area contributed by atoms with Gasteiger partial charge in [0.2, 0.25) is 5.91 Å². The molecule has 11 atom stereocenters. The number of ketones is 2. The van der Waals surface area contributed by atoms with E-state index >= 15 is 8.78 Å². The van der Waals surface area contributed by atoms with Crippen molar-refractivity contribution in [2.24, 2.45) is 74.9 Å². The second-order valence-electron chi connectivity index (χ2n) is 20.8. The summed E-state index contributed by atoms with van der Waals surface area (Å²) in [4.78, 5) is 65.3. The molecule has 2 amide bonds. The van der Waals surface area contributed by atoms with Gasteiger partial charge in [0, 0.05) is 41.2 Å². The molecule has 3 N–H and O–H groups in total. The summed E-state index contributed by atoms with van der Waals surface area (Å²) in [6, 6.07) is 2.18. The van der Waals surface area contributed by atoms with Crippen molar-refractivity contribution in [2.75, 3.05) is 6.54 Å². The number of Topliss-reactive ketones (excluding diaryl/α,β-unsaturated/α-hetero) is 2. The monoisotopic (exact) mass is 824 g/mol. The van der Waals surface area contributed by atoms with Gasteiger partial charge in [-0.25, -0.2) is 0 Å². The number of carboxylic acids is 1. The molecular weight excluding hydrogens is 762 g/mol. The summed E-state index contributed by atoms with van der Waals surface area (Å²) in [6.45, 7) is 14.6. The van der Waals surface area contributed by atoms with Gasteiger partial charge in [0.1, 0.15) is 12.3 Å². The predicted molar refractivity (Wildman–Crippen MR) is 218 cm³/mol. The van der Waals surface area contributed by atoms with Crippen LogP contribution < -0.4 is 10.6 Å². The molecule has 6 aliphatic carbocycles. The van der Waals surface area contributed by atoms with Gasteiger partial charge in [-0.1, -0.05) is 65.6 Å². The Hall–Kier alpha value is -3.14. The second-order valence-corrected chi connectivity index (χ2v) is 21.3. The molecular formula is C47H63ClF2N2O6. The number of fused-ring (bicyclic) bond motifs is 7. The lowest BCUT2D eigenvalue weighted by Crippen LogP contribution is -2.62. The van der Waals surface area contributed by atoms with E-state index in [1.54, 1.807) is 0 Å². The molecule has 0 aliphatic heterocycles. The summed E-state index contributed by atoms with van der Waals surface area (Å²) in [5.41, 5.74) is 1.25. The van der Waals surface area contributed by atoms with Gasteiger partial charge in [0.05, 0.1) is 5.92 Å². The largest absolute Gasteiger partial charge is 0.481 e. The van der Waals surface area contributed by atoms with Crippen molar-refractivity contribution in [3.8, 4) is 0 Å². The van der Waals surface area contributed by atoms with Crippen LogP contribution in [-0.2, 0) is 19.2 Å². The maximum absolute atomic E-state index is 15.2. The number of allylic oxidation sites excluding steroid dienone is 2. The summed E-state index contributed by atoms with van der Waals surface area (Å²) in [6.07, 6.45) is 8.38. The first kappa shape index (κ1) is 43.0. The van der Waals surface area contributed by atoms with Crippen LogP contribution in [0.3, 0.4) is 0 Å². The van der Waals surface area contributed by atoms with Crippen LogP contribution in [0.4, 0.5) is 8.78 Å². The lowest BCUT2D eigenvalue weighted by molar-refractivity contribution is -0.193. The number of hydrogen-bond donors (Lipinski definition) is 3. The van der Waals surface area contributed by atoms with E-state index in [4.69, 9.17) is 11.6 Å². The molecule has 11 unspecified atom stereocenters. The Morgan fingerprint density at radius 1 is 0.914 bits per heavy atom. The first-order valence-corrected chi connectivity index (χ1v) is 22.2. The van der Waals surface area contributed by atoms with Crippen molar-refractivity contribution >= 4 is 41.0 Å². The Labute approximate surface area is 347 Å². The zero-order valence-corrected chi connectivity index (χ0v) is 36.1. The average molecular weight is 825 g/mol. The number of carboxylic acid groups (broad SMARTS) is 1. The minimum absolute atomic E-state index is 0.00454. The van der Waals surface area contributed by atoms with Crippen molar-refractivity contribution in [1.82, 2.24) is 10.6 Å². The first-order valence-electron chi connectivity index (χ1n) is 21.8. The molecule has 5 saturated carbocycles. The Balaban J connectivity index is 1.06. The third kappa shape index (κ3) is 7.17. The van der Waals surface area contributed by atoms with Crippen molar-refractivity contribution in [3.05, 3.63) is 46.0 Å². The minimum Gasteiger partial charge on any atom is -0.481 e. The van der Waals surface area contributed by atoms with E-state index in [1.807, 2.05) is 26.1 Å². The van der Waals surface area contributed by atoms with Gasteiger partial charge in [-0.3, -0.25) is 29.3 Å². The lowest BCUT2D eigenvalue weighted by Gasteiger charge is -2.69. The van der Waals surface area contributed by atoms with Crippen LogP contribution in [0.2, 0.25) is 5.02 Å². The summed E-state index contributed by atoms with van der Waals surface area (Å²) >= 11 is 5.89. The fraction of sp³-hybridized carbons (Fsp3) is 0.723. The molecule has 8 nitrogen and oxygen atoms in total. The molecule has 0 spiro atoms. The van der Waals surface area contributed by atoms with E-state index in [0.717, 1.165) is 56.1 Å². The van der Waals surface area contributed by atoms with Crippen LogP contribution in [0.15, 0.2) is 35.4 Å². The van der Waals surface area contributed by atoms with Gasteiger partial charge in [-0.15, -0.1) is 0 Å². The fourth-order valence-corrected chi connectivity index (χ4v) is 14.6. The van der Waals surface area contributed by atoms with E-state index in [0.29, 0.717) is 42.0 Å². The smallest absolute Gasteiger partial charge is 0.342 e. The van der Waals surface area contributed by atoms with E-state index in [9.17, 15) is 29.1 Å².